The molecule has 0 saturated heterocycles. The fourth-order valence-electron chi connectivity index (χ4n) is 2.90. The van der Waals surface area contributed by atoms with Gasteiger partial charge < -0.3 is 14.8 Å². The Morgan fingerprint density at radius 1 is 1.15 bits per heavy atom. The van der Waals surface area contributed by atoms with E-state index in [0.717, 1.165) is 0 Å². The van der Waals surface area contributed by atoms with Crippen molar-refractivity contribution in [1.29, 1.82) is 0 Å². The van der Waals surface area contributed by atoms with E-state index in [-0.39, 0.29) is 17.5 Å². The van der Waals surface area contributed by atoms with E-state index in [4.69, 9.17) is 9.47 Å². The standard InChI is InChI=1S/C20H30N4O3/c1-5-26-19(27-6-2)14-24-13-18(22-23-24)20(25)21-12-17(15(3)4)16-10-8-7-9-11-16/h7-11,13,15,17,19H,5-6,12,14H2,1-4H3,(H,21,25)/t17-/m0/s1. The molecule has 0 aliphatic rings. The summed E-state index contributed by atoms with van der Waals surface area (Å²) in [5.74, 6) is 0.416. The summed E-state index contributed by atoms with van der Waals surface area (Å²) >= 11 is 0. The van der Waals surface area contributed by atoms with Crippen LogP contribution in [0.3, 0.4) is 0 Å². The molecule has 0 spiro atoms. The third-order valence-electron chi connectivity index (χ3n) is 4.33. The smallest absolute Gasteiger partial charge is 0.273 e. The van der Waals surface area contributed by atoms with Crippen LogP contribution in [0.1, 0.15) is 49.7 Å². The molecule has 7 heteroatoms. The first-order chi connectivity index (χ1) is 13.0. The van der Waals surface area contributed by atoms with Gasteiger partial charge in [0.25, 0.3) is 5.91 Å². The molecule has 0 bridgehead atoms. The quantitative estimate of drug-likeness (QED) is 0.612. The predicted molar refractivity (Wildman–Crippen MR) is 103 cm³/mol. The van der Waals surface area contributed by atoms with Gasteiger partial charge in [-0.15, -0.1) is 5.10 Å². The van der Waals surface area contributed by atoms with E-state index < -0.39 is 6.29 Å². The van der Waals surface area contributed by atoms with E-state index >= 15 is 0 Å². The van der Waals surface area contributed by atoms with Crippen molar-refractivity contribution < 1.29 is 14.3 Å². The van der Waals surface area contributed by atoms with Gasteiger partial charge in [0.2, 0.25) is 0 Å². The third-order valence-corrected chi connectivity index (χ3v) is 4.33. The van der Waals surface area contributed by atoms with E-state index in [1.54, 1.807) is 10.9 Å². The number of nitrogens with one attached hydrogen (secondary N) is 1. The summed E-state index contributed by atoms with van der Waals surface area (Å²) < 4.78 is 12.6. The van der Waals surface area contributed by atoms with Crippen LogP contribution >= 0.6 is 0 Å². The summed E-state index contributed by atoms with van der Waals surface area (Å²) in [7, 11) is 0. The number of benzene rings is 1. The highest BCUT2D eigenvalue weighted by Crippen LogP contribution is 2.23. The Morgan fingerprint density at radius 3 is 2.41 bits per heavy atom. The van der Waals surface area contributed by atoms with E-state index in [9.17, 15) is 4.79 Å². The van der Waals surface area contributed by atoms with Crippen LogP contribution in [0.5, 0.6) is 0 Å². The maximum absolute atomic E-state index is 12.5. The topological polar surface area (TPSA) is 78.3 Å². The number of rotatable bonds is 11. The van der Waals surface area contributed by atoms with Crippen LogP contribution < -0.4 is 5.32 Å². The van der Waals surface area contributed by atoms with Crippen LogP contribution in [0, 0.1) is 5.92 Å². The van der Waals surface area contributed by atoms with Gasteiger partial charge >= 0.3 is 0 Å². The lowest BCUT2D eigenvalue weighted by Gasteiger charge is -2.21. The number of carbonyl (C=O) groups excluding carboxylic acids is 1. The summed E-state index contributed by atoms with van der Waals surface area (Å²) in [6.45, 7) is 10.2. The highest BCUT2D eigenvalue weighted by molar-refractivity contribution is 5.91. The Balaban J connectivity index is 1.95. The molecule has 7 nitrogen and oxygen atoms in total. The van der Waals surface area contributed by atoms with E-state index in [1.165, 1.54) is 5.56 Å². The minimum absolute atomic E-state index is 0.229. The second-order valence-electron chi connectivity index (χ2n) is 6.64. The van der Waals surface area contributed by atoms with Crippen molar-refractivity contribution in [2.45, 2.75) is 46.4 Å². The minimum Gasteiger partial charge on any atom is -0.351 e. The molecule has 1 N–H and O–H groups in total. The molecule has 1 heterocycles. The Labute approximate surface area is 161 Å². The SMILES string of the molecule is CCOC(Cn1cc(C(=O)NC[C@H](c2ccccc2)C(C)C)nn1)OCC. The highest BCUT2D eigenvalue weighted by Gasteiger charge is 2.19. The Kier molecular flexibility index (Phi) is 8.42. The van der Waals surface area contributed by atoms with Crippen LogP contribution in [-0.2, 0) is 16.0 Å². The molecule has 0 unspecified atom stereocenters. The molecule has 2 aromatic rings. The maximum atomic E-state index is 12.5. The van der Waals surface area contributed by atoms with Crippen molar-refractivity contribution in [2.24, 2.45) is 5.92 Å². The summed E-state index contributed by atoms with van der Waals surface area (Å²) in [5, 5.41) is 11.0. The molecule has 1 aromatic carbocycles. The number of hydrogen-bond acceptors (Lipinski definition) is 5. The second kappa shape index (κ2) is 10.8. The predicted octanol–water partition coefficient (Wildman–Crippen LogP) is 2.85. The zero-order valence-electron chi connectivity index (χ0n) is 16.6. The average molecular weight is 374 g/mol. The molecule has 0 saturated carbocycles. The zero-order chi connectivity index (χ0) is 19.6. The Hall–Kier alpha value is -2.25. The molecule has 27 heavy (non-hydrogen) atoms. The van der Waals surface area contributed by atoms with Crippen molar-refractivity contribution >= 4 is 5.91 Å². The number of aromatic nitrogens is 3. The first kappa shape index (κ1) is 21.1. The van der Waals surface area contributed by atoms with Crippen molar-refractivity contribution in [3.8, 4) is 0 Å². The zero-order valence-corrected chi connectivity index (χ0v) is 16.6. The highest BCUT2D eigenvalue weighted by atomic mass is 16.7. The molecular formula is C20H30N4O3. The third kappa shape index (κ3) is 6.45. The van der Waals surface area contributed by atoms with E-state index in [2.05, 4.69) is 41.6 Å². The van der Waals surface area contributed by atoms with Gasteiger partial charge in [-0.1, -0.05) is 49.4 Å². The summed E-state index contributed by atoms with van der Waals surface area (Å²) in [6, 6.07) is 10.2. The normalized spacial score (nSPS) is 12.5. The summed E-state index contributed by atoms with van der Waals surface area (Å²) in [6.07, 6.45) is 1.22. The first-order valence-corrected chi connectivity index (χ1v) is 9.51. The number of ether oxygens (including phenoxy) is 2. The number of amides is 1. The van der Waals surface area contributed by atoms with Gasteiger partial charge in [0.1, 0.15) is 0 Å². The van der Waals surface area contributed by atoms with Crippen molar-refractivity contribution in [3.63, 3.8) is 0 Å². The number of hydrogen-bond donors (Lipinski definition) is 1. The lowest BCUT2D eigenvalue weighted by molar-refractivity contribution is -0.145. The largest absolute Gasteiger partial charge is 0.351 e. The van der Waals surface area contributed by atoms with Crippen LogP contribution in [-0.4, -0.2) is 46.9 Å². The molecule has 148 valence electrons. The molecule has 0 aliphatic heterocycles. The molecule has 1 atom stereocenters. The molecule has 0 aliphatic carbocycles. The van der Waals surface area contributed by atoms with E-state index in [0.29, 0.717) is 32.2 Å². The Bertz CT molecular complexity index is 682. The monoisotopic (exact) mass is 374 g/mol. The van der Waals surface area contributed by atoms with Gasteiger partial charge in [-0.2, -0.15) is 0 Å². The maximum Gasteiger partial charge on any atom is 0.273 e. The van der Waals surface area contributed by atoms with Crippen molar-refractivity contribution in [1.82, 2.24) is 20.3 Å². The van der Waals surface area contributed by atoms with Crippen LogP contribution in [0.2, 0.25) is 0 Å². The molecule has 0 fully saturated rings. The lowest BCUT2D eigenvalue weighted by atomic mass is 9.88. The summed E-state index contributed by atoms with van der Waals surface area (Å²) in [4.78, 5) is 12.5. The molecule has 1 aromatic heterocycles. The van der Waals surface area contributed by atoms with Gasteiger partial charge in [-0.25, -0.2) is 4.68 Å². The average Bonchev–Trinajstić information content (AvgIpc) is 3.11. The minimum atomic E-state index is -0.402. The number of carbonyl (C=O) groups is 1. The molecule has 2 rings (SSSR count). The first-order valence-electron chi connectivity index (χ1n) is 9.51. The fraction of sp³-hybridized carbons (Fsp3) is 0.550. The van der Waals surface area contributed by atoms with Crippen molar-refractivity contribution in [3.05, 3.63) is 47.8 Å². The molecule has 1 amide bonds. The Morgan fingerprint density at radius 2 is 1.81 bits per heavy atom. The van der Waals surface area contributed by atoms with Gasteiger partial charge in [0.05, 0.1) is 12.7 Å². The number of nitrogens with zero attached hydrogens (tertiary/aromatic N) is 3. The van der Waals surface area contributed by atoms with Gasteiger partial charge in [0, 0.05) is 25.7 Å². The van der Waals surface area contributed by atoms with Crippen molar-refractivity contribution in [2.75, 3.05) is 19.8 Å². The summed E-state index contributed by atoms with van der Waals surface area (Å²) in [5.41, 5.74) is 1.50. The fourth-order valence-corrected chi connectivity index (χ4v) is 2.90. The van der Waals surface area contributed by atoms with Gasteiger partial charge in [-0.05, 0) is 25.3 Å². The molecule has 0 radical (unpaired) electrons. The van der Waals surface area contributed by atoms with E-state index in [1.807, 2.05) is 32.0 Å². The lowest BCUT2D eigenvalue weighted by Crippen LogP contribution is -2.30. The van der Waals surface area contributed by atoms with Gasteiger partial charge in [-0.3, -0.25) is 4.79 Å². The molecular weight excluding hydrogens is 344 g/mol. The second-order valence-corrected chi connectivity index (χ2v) is 6.64. The van der Waals surface area contributed by atoms with Crippen LogP contribution in [0.4, 0.5) is 0 Å². The van der Waals surface area contributed by atoms with Crippen LogP contribution in [0.15, 0.2) is 36.5 Å². The van der Waals surface area contributed by atoms with Gasteiger partial charge in [0.15, 0.2) is 12.0 Å². The van der Waals surface area contributed by atoms with Crippen LogP contribution in [0.25, 0.3) is 0 Å².